The largest absolute Gasteiger partial charge is 2.00 e. The molecule has 2 aliphatic heterocycles. The number of nitrogens with zero attached hydrogens (tertiary/aromatic N) is 4. The van der Waals surface area contributed by atoms with Crippen molar-refractivity contribution in [2.45, 2.75) is 154 Å². The van der Waals surface area contributed by atoms with Crippen LogP contribution in [0.5, 0.6) is 0 Å². The molecule has 0 aromatic carbocycles. The van der Waals surface area contributed by atoms with Gasteiger partial charge in [-0.2, -0.15) is 0 Å². The minimum Gasteiger partial charge on any atom is -2.00 e. The maximum Gasteiger partial charge on any atom is 0.234 e. The van der Waals surface area contributed by atoms with Crippen LogP contribution < -0.4 is 10.6 Å². The molecule has 18 heteroatoms. The van der Waals surface area contributed by atoms with Crippen molar-refractivity contribution in [1.82, 2.24) is 40.4 Å². The molecule has 3 aromatic heterocycles. The van der Waals surface area contributed by atoms with Gasteiger partial charge < -0.3 is 82.1 Å². The molecule has 2 aliphatic rings. The summed E-state index contributed by atoms with van der Waals surface area (Å²) in [5.74, 6) is -0.0874. The Hall–Kier alpha value is -1.90. The fourth-order valence-corrected chi connectivity index (χ4v) is 9.87. The normalized spacial score (nSPS) is 13.2. The fourth-order valence-electron chi connectivity index (χ4n) is 9.36. The maximum atomic E-state index is 13.2. The number of allylic oxidation sites excluding steroid dienone is 4. The van der Waals surface area contributed by atoms with Gasteiger partial charge in [-0.15, -0.1) is 19.0 Å². The van der Waals surface area contributed by atoms with E-state index < -0.39 is 19.0 Å². The molecule has 5 rings (SSSR count). The number of carbonyl (C=O) groups is 2. The molecule has 5 heterocycles. The topological polar surface area (TPSA) is 179 Å². The van der Waals surface area contributed by atoms with Gasteiger partial charge in [0, 0.05) is 76.0 Å². The second kappa shape index (κ2) is 28.5. The number of aromatic nitrogens is 4. The van der Waals surface area contributed by atoms with Gasteiger partial charge in [0.15, 0.2) is 0 Å². The van der Waals surface area contributed by atoms with Crippen molar-refractivity contribution in [2.24, 2.45) is 0 Å². The van der Waals surface area contributed by atoms with Crippen molar-refractivity contribution in [2.75, 3.05) is 52.4 Å². The third-order valence-electron chi connectivity index (χ3n) is 12.7. The Balaban J connectivity index is 0.00000648. The monoisotopic (exact) mass is 1400 g/mol. The molecule has 72 heavy (non-hydrogen) atoms. The third kappa shape index (κ3) is 19.9. The van der Waals surface area contributed by atoms with Crippen LogP contribution in [0.1, 0.15) is 154 Å². The Morgan fingerprint density at radius 2 is 0.889 bits per heavy atom. The van der Waals surface area contributed by atoms with E-state index in [4.69, 9.17) is 60.5 Å². The summed E-state index contributed by atoms with van der Waals surface area (Å²) in [5, 5.41) is 6.07. The number of hydrogen-bond donors (Lipinski definition) is 4. The van der Waals surface area contributed by atoms with Gasteiger partial charge in [0.2, 0.25) is 11.8 Å². The molecule has 0 atom stereocenters. The number of amides is 2. The summed E-state index contributed by atoms with van der Waals surface area (Å²) in [6.07, 6.45) is 4.89. The van der Waals surface area contributed by atoms with Gasteiger partial charge >= 0.3 is 0 Å². The zero-order valence-corrected chi connectivity index (χ0v) is 53.7. The van der Waals surface area contributed by atoms with Crippen molar-refractivity contribution < 1.29 is 61.4 Å². The molecule has 0 unspecified atom stereocenters. The van der Waals surface area contributed by atoms with Crippen molar-refractivity contribution in [3.05, 3.63) is 69.3 Å². The second-order valence-corrected chi connectivity index (χ2v) is 26.0. The first-order chi connectivity index (χ1) is 31.5. The van der Waals surface area contributed by atoms with Crippen LogP contribution in [-0.4, -0.2) is 113 Å². The Kier molecular flexibility index (Phi) is 26.9. The number of aromatic amines is 2. The number of hydrogen-bond acceptors (Lipinski definition) is 10. The van der Waals surface area contributed by atoms with Gasteiger partial charge in [0.1, 0.15) is 0 Å². The summed E-state index contributed by atoms with van der Waals surface area (Å²) in [4.78, 5) is 49.2. The quantitative estimate of drug-likeness (QED) is 0.0709. The van der Waals surface area contributed by atoms with E-state index in [0.717, 1.165) is 94.5 Å². The molecule has 2 amide bonds. The number of nitrogens with one attached hydrogen (secondary N) is 4. The van der Waals surface area contributed by atoms with Crippen LogP contribution in [-0.2, 0) is 125 Å². The summed E-state index contributed by atoms with van der Waals surface area (Å²) < 4.78 is -1.65. The number of rotatable bonds is 22. The number of carbonyl (C=O) groups excluding carboxylic acids is 2. The minimum atomic E-state index is -0.422. The smallest absolute Gasteiger partial charge is 0.234 e. The molecule has 0 saturated heterocycles. The van der Waals surface area contributed by atoms with E-state index >= 15 is 0 Å². The van der Waals surface area contributed by atoms with Gasteiger partial charge in [-0.1, -0.05) is 69.2 Å². The van der Waals surface area contributed by atoms with Crippen molar-refractivity contribution in [3.63, 3.8) is 0 Å². The van der Waals surface area contributed by atoms with Gasteiger partial charge in [-0.05, 0) is 161 Å². The first kappa shape index (κ1) is 68.1. The Labute approximate surface area is 480 Å². The summed E-state index contributed by atoms with van der Waals surface area (Å²) in [6.45, 7) is 33.1. The van der Waals surface area contributed by atoms with Crippen LogP contribution >= 0.6 is 0 Å². The molecule has 2 radical (unpaired) electrons. The van der Waals surface area contributed by atoms with Crippen LogP contribution in [0.4, 0.5) is 0 Å². The SMILES string of the molecule is CCc1c(C)c2cc3[nH]c(cc4nc(cc5nc(cc1[nH]2)C(C)=C5CCCN(CC(=O)NCC(C)(C)[S-])CC(C)(C)[S-])C(CCCN(CC(=O)NCC(C)(C)[S-])CC(C)(C)[S-])=C4C)c(C)c3CC.[186Re].[186Re].[O-2].[O-2]. The Bertz CT molecular complexity index is 2570. The van der Waals surface area contributed by atoms with Crippen molar-refractivity contribution in [3.8, 4) is 0 Å². The molecule has 12 nitrogen and oxygen atoms in total. The minimum absolute atomic E-state index is 0. The predicted octanol–water partition coefficient (Wildman–Crippen LogP) is 9.37. The molecule has 8 bridgehead atoms. The van der Waals surface area contributed by atoms with Crippen LogP contribution in [0.3, 0.4) is 0 Å². The maximum absolute atomic E-state index is 13.2. The fraction of sp³-hybridized carbons (Fsp3) is 0.593. The van der Waals surface area contributed by atoms with E-state index in [1.165, 1.54) is 33.4 Å². The molecule has 3 aromatic rings. The average Bonchev–Trinajstić information content (AvgIpc) is 3.87. The molecule has 0 saturated carbocycles. The Morgan fingerprint density at radius 3 is 1.24 bits per heavy atom. The van der Waals surface area contributed by atoms with Gasteiger partial charge in [-0.25, -0.2) is 9.97 Å². The first-order valence-corrected chi connectivity index (χ1v) is 26.1. The van der Waals surface area contributed by atoms with Crippen molar-refractivity contribution in [1.29, 1.82) is 0 Å². The standard InChI is InChI=1S/C54H82N8O2S4.2O.2Re/c1-15-37-33(3)41-23-42-35(5)39(19-17-21-61(31-53(11,12)67)27-49(63)55-29-51(7,8)65)47(59-42)26-48-40(20-18-22-62(32-54(13,14)68)28-50(64)56-30-52(9,10)66)36(6)44(60-48)25-46-38(16-2)34(4)43(58-46)24-45(37)57-41;;;;/h23-26,57-58,65-68H,15-22,27-32H2,1-14H3,(H,55,63)(H,56,64);;;;/q;2*-2;;/p-4/i;;;2*1+0. The first-order valence-electron chi connectivity index (χ1n) is 24.5. The molecule has 0 fully saturated rings. The van der Waals surface area contributed by atoms with E-state index in [1.807, 2.05) is 55.4 Å². The Morgan fingerprint density at radius 1 is 0.542 bits per heavy atom. The molecule has 0 aliphatic carbocycles. The zero-order chi connectivity index (χ0) is 50.5. The van der Waals surface area contributed by atoms with Crippen LogP contribution in [0, 0.1) is 13.8 Å². The van der Waals surface area contributed by atoms with Crippen LogP contribution in [0.25, 0.3) is 44.4 Å². The summed E-state index contributed by atoms with van der Waals surface area (Å²) >= 11 is 22.7. The summed E-state index contributed by atoms with van der Waals surface area (Å²) in [6, 6.07) is 8.89. The molecular weight excluding hydrogens is 1320 g/mol. The predicted molar refractivity (Wildman–Crippen MR) is 299 cm³/mol. The molecule has 0 spiro atoms. The van der Waals surface area contributed by atoms with Gasteiger partial charge in [0.25, 0.3) is 0 Å². The van der Waals surface area contributed by atoms with Crippen molar-refractivity contribution >= 4 is 107 Å². The average molecular weight is 1400 g/mol. The number of H-pyrrole nitrogens is 2. The van der Waals surface area contributed by atoms with E-state index in [9.17, 15) is 9.59 Å². The van der Waals surface area contributed by atoms with Gasteiger partial charge in [0.05, 0.1) is 35.9 Å². The van der Waals surface area contributed by atoms with E-state index in [0.29, 0.717) is 39.3 Å². The van der Waals surface area contributed by atoms with Crippen LogP contribution in [0.15, 0.2) is 24.3 Å². The van der Waals surface area contributed by atoms with Gasteiger partial charge in [-0.3, -0.25) is 19.4 Å². The van der Waals surface area contributed by atoms with E-state index in [2.05, 4.69) is 96.2 Å². The zero-order valence-electron chi connectivity index (χ0n) is 45.0. The molecular formula is C54H78N8O4Re2S4-8. The third-order valence-corrected chi connectivity index (χ3v) is 13.2. The number of aryl methyl sites for hydroxylation is 4. The summed E-state index contributed by atoms with van der Waals surface area (Å²) in [5.41, 5.74) is 17.6. The molecule has 404 valence electrons. The van der Waals surface area contributed by atoms with E-state index in [1.54, 1.807) is 0 Å². The van der Waals surface area contributed by atoms with Crippen LogP contribution in [0.2, 0.25) is 0 Å². The van der Waals surface area contributed by atoms with E-state index in [-0.39, 0.29) is 76.7 Å². The number of fused-ring (bicyclic) bond motifs is 8. The second-order valence-electron chi connectivity index (χ2n) is 21.6. The molecule has 4 N–H and O–H groups in total. The summed E-state index contributed by atoms with van der Waals surface area (Å²) in [7, 11) is 0.